The van der Waals surface area contributed by atoms with Crippen molar-refractivity contribution in [3.05, 3.63) is 215 Å². The standard InChI is InChI=1S/C53H35N3/c1-4-17-35(18-5-1)51-52(55-45-27-15-14-26-44(45)54-51)56-46-31-29-41-48-40-25-13-12-16-34(40)28-30-43(48)53(38-21-6-2-7-22-38,39-23-8-3-9-24-39)50(41)49(46)42-32-36-19-10-11-20-37(36)33-47(42)56/h1-11,13-15,17-33H,12,16H2. The minimum absolute atomic E-state index is 0.588. The van der Waals surface area contributed by atoms with Gasteiger partial charge in [0.1, 0.15) is 5.69 Å². The maximum atomic E-state index is 5.51. The maximum absolute atomic E-state index is 5.51. The summed E-state index contributed by atoms with van der Waals surface area (Å²) in [6, 6.07) is 64.2. The van der Waals surface area contributed by atoms with Crippen molar-refractivity contribution in [2.45, 2.75) is 18.3 Å². The zero-order valence-electron chi connectivity index (χ0n) is 30.7. The number of hydrogen-bond acceptors (Lipinski definition) is 2. The van der Waals surface area contributed by atoms with Crippen LogP contribution in [-0.2, 0) is 11.8 Å². The molecule has 10 aromatic rings. The van der Waals surface area contributed by atoms with E-state index in [4.69, 9.17) is 9.97 Å². The van der Waals surface area contributed by atoms with Gasteiger partial charge in [0.25, 0.3) is 0 Å². The topological polar surface area (TPSA) is 30.7 Å². The van der Waals surface area contributed by atoms with Gasteiger partial charge in [-0.1, -0.05) is 158 Å². The first-order valence-electron chi connectivity index (χ1n) is 19.6. The first-order valence-corrected chi connectivity index (χ1v) is 19.6. The number of nitrogens with zero attached hydrogens (tertiary/aromatic N) is 3. The van der Waals surface area contributed by atoms with Gasteiger partial charge >= 0.3 is 0 Å². The molecule has 0 saturated heterocycles. The Morgan fingerprint density at radius 3 is 1.93 bits per heavy atom. The van der Waals surface area contributed by atoms with Crippen molar-refractivity contribution in [1.82, 2.24) is 14.5 Å². The van der Waals surface area contributed by atoms with Gasteiger partial charge in [0, 0.05) is 16.3 Å². The molecule has 8 aromatic carbocycles. The van der Waals surface area contributed by atoms with Crippen LogP contribution in [0.4, 0.5) is 0 Å². The molecule has 3 nitrogen and oxygen atoms in total. The van der Waals surface area contributed by atoms with E-state index in [0.29, 0.717) is 0 Å². The van der Waals surface area contributed by atoms with Crippen molar-refractivity contribution in [2.24, 2.45) is 0 Å². The lowest BCUT2D eigenvalue weighted by atomic mass is 9.66. The maximum Gasteiger partial charge on any atom is 0.165 e. The van der Waals surface area contributed by atoms with Gasteiger partial charge in [-0.15, -0.1) is 0 Å². The fourth-order valence-electron chi connectivity index (χ4n) is 9.95. The van der Waals surface area contributed by atoms with E-state index in [1.807, 2.05) is 6.07 Å². The van der Waals surface area contributed by atoms with Crippen LogP contribution in [-0.4, -0.2) is 14.5 Å². The van der Waals surface area contributed by atoms with Gasteiger partial charge in [-0.2, -0.15) is 0 Å². The third-order valence-corrected chi connectivity index (χ3v) is 12.3. The van der Waals surface area contributed by atoms with Gasteiger partial charge in [0.15, 0.2) is 5.82 Å². The van der Waals surface area contributed by atoms with Crippen molar-refractivity contribution in [1.29, 1.82) is 0 Å². The molecule has 0 bridgehead atoms. The molecule has 56 heavy (non-hydrogen) atoms. The number of benzene rings is 8. The zero-order chi connectivity index (χ0) is 36.8. The second-order valence-electron chi connectivity index (χ2n) is 15.2. The van der Waals surface area contributed by atoms with Crippen molar-refractivity contribution in [3.63, 3.8) is 0 Å². The SMILES string of the molecule is C1=Cc2c(ccc3c2-c2ccc4c(c2C3(c2ccccc2)c2ccccc2)c2cc3ccccc3cc2n4-c2nc3ccccc3nc2-c2ccccc2)CC1. The van der Waals surface area contributed by atoms with Crippen LogP contribution in [0.1, 0.15) is 39.8 Å². The number of hydrogen-bond donors (Lipinski definition) is 0. The van der Waals surface area contributed by atoms with Crippen molar-refractivity contribution < 1.29 is 0 Å². The van der Waals surface area contributed by atoms with E-state index in [1.54, 1.807) is 0 Å². The molecule has 2 heterocycles. The fraction of sp³-hybridized carbons (Fsp3) is 0.0566. The first kappa shape index (κ1) is 31.3. The highest BCUT2D eigenvalue weighted by Crippen LogP contribution is 2.61. The molecule has 0 radical (unpaired) electrons. The molecular weight excluding hydrogens is 679 g/mol. The average Bonchev–Trinajstić information content (AvgIpc) is 3.76. The monoisotopic (exact) mass is 713 g/mol. The highest BCUT2D eigenvalue weighted by atomic mass is 15.1. The third-order valence-electron chi connectivity index (χ3n) is 12.3. The summed E-state index contributed by atoms with van der Waals surface area (Å²) in [6.45, 7) is 0. The van der Waals surface area contributed by atoms with Crippen LogP contribution >= 0.6 is 0 Å². The Balaban J connectivity index is 1.32. The van der Waals surface area contributed by atoms with Gasteiger partial charge in [0.05, 0.1) is 27.5 Å². The average molecular weight is 714 g/mol. The molecule has 2 aromatic heterocycles. The Labute approximate surface area is 324 Å². The van der Waals surface area contributed by atoms with Crippen LogP contribution < -0.4 is 0 Å². The van der Waals surface area contributed by atoms with E-state index in [0.717, 1.165) is 52.0 Å². The van der Waals surface area contributed by atoms with Crippen LogP contribution in [0.25, 0.3) is 77.9 Å². The Hall–Kier alpha value is -7.10. The summed E-state index contributed by atoms with van der Waals surface area (Å²) in [4.78, 5) is 10.9. The summed E-state index contributed by atoms with van der Waals surface area (Å²) in [7, 11) is 0. The number of aromatic nitrogens is 3. The lowest BCUT2D eigenvalue weighted by Gasteiger charge is -2.34. The van der Waals surface area contributed by atoms with E-state index in [2.05, 4.69) is 187 Å². The van der Waals surface area contributed by atoms with E-state index in [1.165, 1.54) is 66.1 Å². The molecule has 12 rings (SSSR count). The number of aryl methyl sites for hydroxylation is 1. The molecular formula is C53H35N3. The number of fused-ring (bicyclic) bond motifs is 11. The van der Waals surface area contributed by atoms with Gasteiger partial charge in [-0.25, -0.2) is 9.97 Å². The van der Waals surface area contributed by atoms with Gasteiger partial charge < -0.3 is 0 Å². The Morgan fingerprint density at radius 2 is 1.20 bits per heavy atom. The van der Waals surface area contributed by atoms with E-state index >= 15 is 0 Å². The molecule has 0 aliphatic heterocycles. The Morgan fingerprint density at radius 1 is 0.554 bits per heavy atom. The van der Waals surface area contributed by atoms with E-state index < -0.39 is 5.41 Å². The van der Waals surface area contributed by atoms with Gasteiger partial charge in [-0.05, 0) is 98.5 Å². The molecule has 0 atom stereocenters. The fourth-order valence-corrected chi connectivity index (χ4v) is 9.95. The summed E-state index contributed by atoms with van der Waals surface area (Å²) in [5, 5.41) is 4.86. The molecule has 0 spiro atoms. The van der Waals surface area contributed by atoms with Gasteiger partial charge in [0.2, 0.25) is 0 Å². The summed E-state index contributed by atoms with van der Waals surface area (Å²) < 4.78 is 2.40. The summed E-state index contributed by atoms with van der Waals surface area (Å²) in [6.07, 6.45) is 6.85. The van der Waals surface area contributed by atoms with E-state index in [-0.39, 0.29) is 0 Å². The second-order valence-corrected chi connectivity index (χ2v) is 15.2. The molecule has 2 aliphatic rings. The molecule has 0 fully saturated rings. The lowest BCUT2D eigenvalue weighted by Crippen LogP contribution is -2.29. The van der Waals surface area contributed by atoms with Crippen molar-refractivity contribution >= 4 is 49.7 Å². The zero-order valence-corrected chi connectivity index (χ0v) is 30.7. The van der Waals surface area contributed by atoms with Crippen molar-refractivity contribution in [2.75, 3.05) is 0 Å². The minimum atomic E-state index is -0.588. The molecule has 0 N–H and O–H groups in total. The number of rotatable bonds is 4. The third kappa shape index (κ3) is 4.28. The number of allylic oxidation sites excluding steroid dienone is 1. The van der Waals surface area contributed by atoms with Crippen LogP contribution in [0.15, 0.2) is 182 Å². The normalized spacial score (nSPS) is 14.0. The summed E-state index contributed by atoms with van der Waals surface area (Å²) >= 11 is 0. The molecule has 0 unspecified atom stereocenters. The largest absolute Gasteiger partial charge is 0.292 e. The Kier molecular flexibility index (Phi) is 6.67. The van der Waals surface area contributed by atoms with Gasteiger partial charge in [-0.3, -0.25) is 4.57 Å². The summed E-state index contributed by atoms with van der Waals surface area (Å²) in [5.74, 6) is 0.825. The van der Waals surface area contributed by atoms with Crippen molar-refractivity contribution in [3.8, 4) is 28.2 Å². The highest BCUT2D eigenvalue weighted by Gasteiger charge is 2.49. The molecule has 2 aliphatic carbocycles. The summed E-state index contributed by atoms with van der Waals surface area (Å²) in [5.41, 5.74) is 15.9. The molecule has 0 amide bonds. The quantitative estimate of drug-likeness (QED) is 0.182. The molecule has 3 heteroatoms. The predicted molar refractivity (Wildman–Crippen MR) is 231 cm³/mol. The van der Waals surface area contributed by atoms with Crippen LogP contribution in [0.3, 0.4) is 0 Å². The molecule has 0 saturated carbocycles. The number of para-hydroxylation sites is 2. The van der Waals surface area contributed by atoms with E-state index in [9.17, 15) is 0 Å². The predicted octanol–water partition coefficient (Wildman–Crippen LogP) is 12.9. The smallest absolute Gasteiger partial charge is 0.165 e. The second kappa shape index (κ2) is 11.9. The van der Waals surface area contributed by atoms with Crippen LogP contribution in [0.5, 0.6) is 0 Å². The highest BCUT2D eigenvalue weighted by molar-refractivity contribution is 6.18. The minimum Gasteiger partial charge on any atom is -0.292 e. The first-order chi connectivity index (χ1) is 27.8. The Bertz CT molecular complexity index is 3190. The lowest BCUT2D eigenvalue weighted by molar-refractivity contribution is 0.774. The van der Waals surface area contributed by atoms with Crippen LogP contribution in [0, 0.1) is 0 Å². The molecule has 262 valence electrons. The van der Waals surface area contributed by atoms with Crippen LogP contribution in [0.2, 0.25) is 0 Å².